The Bertz CT molecular complexity index is 254. The van der Waals surface area contributed by atoms with Gasteiger partial charge in [0, 0.05) is 0 Å². The van der Waals surface area contributed by atoms with E-state index < -0.39 is 41.8 Å². The summed E-state index contributed by atoms with van der Waals surface area (Å²) in [5.41, 5.74) is -5.35. The van der Waals surface area contributed by atoms with Crippen LogP contribution in [0, 0.1) is 0 Å². The number of halogens is 9. The summed E-state index contributed by atoms with van der Waals surface area (Å²) in [5.74, 6) is -24.2. The molecule has 1 saturated carbocycles. The van der Waals surface area contributed by atoms with E-state index in [1.165, 1.54) is 0 Å². The molecule has 0 heterocycles. The van der Waals surface area contributed by atoms with Gasteiger partial charge in [0.1, 0.15) is 0 Å². The fourth-order valence-electron chi connectivity index (χ4n) is 1.70. The van der Waals surface area contributed by atoms with Crippen LogP contribution in [0.25, 0.3) is 0 Å². The minimum absolute atomic E-state index is 0.298. The molecule has 1 aliphatic carbocycles. The third-order valence-corrected chi connectivity index (χ3v) is 3.27. The SMILES string of the molecule is CC1(N)C(F)(F)C(C)(F)C(F)(F)C(F)(F)C1(F)F. The van der Waals surface area contributed by atoms with Crippen molar-refractivity contribution >= 4 is 0 Å². The van der Waals surface area contributed by atoms with Gasteiger partial charge in [-0.1, -0.05) is 0 Å². The van der Waals surface area contributed by atoms with Crippen LogP contribution in [0.2, 0.25) is 0 Å². The minimum atomic E-state index is -6.35. The molecule has 0 bridgehead atoms. The van der Waals surface area contributed by atoms with Crippen molar-refractivity contribution in [1.29, 1.82) is 0 Å². The van der Waals surface area contributed by atoms with E-state index in [1.807, 2.05) is 0 Å². The summed E-state index contributed by atoms with van der Waals surface area (Å²) in [5, 5.41) is 0. The van der Waals surface area contributed by atoms with Crippen molar-refractivity contribution in [3.05, 3.63) is 0 Å². The number of hydrogen-bond donors (Lipinski definition) is 1. The average Bonchev–Trinajstić information content (AvgIpc) is 2.14. The summed E-state index contributed by atoms with van der Waals surface area (Å²) in [6.07, 6.45) is 0. The molecule has 2 N–H and O–H groups in total. The van der Waals surface area contributed by atoms with Crippen molar-refractivity contribution in [2.45, 2.75) is 48.7 Å². The fourth-order valence-corrected chi connectivity index (χ4v) is 1.70. The normalized spacial score (nSPS) is 44.7. The largest absolute Gasteiger partial charge is 0.377 e. The molecule has 1 rings (SSSR count). The van der Waals surface area contributed by atoms with Crippen LogP contribution >= 0.6 is 0 Å². The minimum Gasteiger partial charge on any atom is -0.315 e. The molecule has 1 aliphatic rings. The highest BCUT2D eigenvalue weighted by molar-refractivity contribution is 5.28. The molecule has 0 aliphatic heterocycles. The quantitative estimate of drug-likeness (QED) is 0.682. The fraction of sp³-hybridized carbons (Fsp3) is 1.00. The Kier molecular flexibility index (Phi) is 2.63. The van der Waals surface area contributed by atoms with Gasteiger partial charge in [0.2, 0.25) is 5.67 Å². The van der Waals surface area contributed by atoms with Gasteiger partial charge in [0.05, 0.1) is 0 Å². The van der Waals surface area contributed by atoms with Crippen LogP contribution in [0.5, 0.6) is 0 Å². The molecule has 1 nitrogen and oxygen atoms in total. The van der Waals surface area contributed by atoms with E-state index >= 15 is 0 Å². The Morgan fingerprint density at radius 3 is 1.22 bits per heavy atom. The third-order valence-electron chi connectivity index (χ3n) is 3.27. The predicted octanol–water partition coefficient (Wildman–Crippen LogP) is 2.99. The first-order valence-electron chi connectivity index (χ1n) is 4.49. The van der Waals surface area contributed by atoms with Gasteiger partial charge in [-0.25, -0.2) is 13.2 Å². The van der Waals surface area contributed by atoms with E-state index in [4.69, 9.17) is 0 Å². The van der Waals surface area contributed by atoms with Crippen LogP contribution in [-0.2, 0) is 0 Å². The molecule has 0 aromatic heterocycles. The van der Waals surface area contributed by atoms with Crippen LogP contribution < -0.4 is 5.73 Å². The maximum absolute atomic E-state index is 13.4. The van der Waals surface area contributed by atoms with Gasteiger partial charge < -0.3 is 5.73 Å². The summed E-state index contributed by atoms with van der Waals surface area (Å²) < 4.78 is 118. The van der Waals surface area contributed by atoms with Crippen molar-refractivity contribution in [3.63, 3.8) is 0 Å². The van der Waals surface area contributed by atoms with Gasteiger partial charge in [0.15, 0.2) is 5.54 Å². The number of rotatable bonds is 0. The lowest BCUT2D eigenvalue weighted by molar-refractivity contribution is -0.435. The zero-order chi connectivity index (χ0) is 15.0. The Balaban J connectivity index is 3.72. The zero-order valence-electron chi connectivity index (χ0n) is 8.98. The lowest BCUT2D eigenvalue weighted by Gasteiger charge is -2.55. The number of hydrogen-bond acceptors (Lipinski definition) is 1. The molecular weight excluding hydrogens is 281 g/mol. The summed E-state index contributed by atoms with van der Waals surface area (Å²) in [7, 11) is 0. The Hall–Kier alpha value is -0.670. The molecule has 108 valence electrons. The third kappa shape index (κ3) is 1.11. The van der Waals surface area contributed by atoms with E-state index in [0.717, 1.165) is 0 Å². The van der Waals surface area contributed by atoms with E-state index in [-0.39, 0.29) is 6.92 Å². The van der Waals surface area contributed by atoms with E-state index in [0.29, 0.717) is 0 Å². The Morgan fingerprint density at radius 1 is 0.556 bits per heavy atom. The second-order valence-electron chi connectivity index (χ2n) is 4.50. The lowest BCUT2D eigenvalue weighted by atomic mass is 9.66. The molecule has 0 spiro atoms. The molecule has 2 unspecified atom stereocenters. The average molecular weight is 289 g/mol. The molecule has 10 heteroatoms. The molecule has 0 radical (unpaired) electrons. The number of alkyl halides is 9. The van der Waals surface area contributed by atoms with Crippen molar-refractivity contribution in [2.75, 3.05) is 0 Å². The summed E-state index contributed by atoms with van der Waals surface area (Å²) >= 11 is 0. The molecule has 18 heavy (non-hydrogen) atoms. The van der Waals surface area contributed by atoms with E-state index in [9.17, 15) is 39.5 Å². The maximum Gasteiger partial charge on any atom is 0.377 e. The second-order valence-corrected chi connectivity index (χ2v) is 4.50. The van der Waals surface area contributed by atoms with Crippen molar-refractivity contribution in [3.8, 4) is 0 Å². The highest BCUT2D eigenvalue weighted by Gasteiger charge is 2.95. The Labute approximate surface area is 95.1 Å². The van der Waals surface area contributed by atoms with Crippen molar-refractivity contribution in [2.24, 2.45) is 5.73 Å². The van der Waals surface area contributed by atoms with E-state index in [1.54, 1.807) is 0 Å². The van der Waals surface area contributed by atoms with Crippen LogP contribution in [-0.4, -0.2) is 34.9 Å². The van der Waals surface area contributed by atoms with Gasteiger partial charge in [-0.3, -0.25) is 0 Å². The molecule has 0 amide bonds. The topological polar surface area (TPSA) is 26.0 Å². The highest BCUT2D eigenvalue weighted by Crippen LogP contribution is 2.66. The summed E-state index contributed by atoms with van der Waals surface area (Å²) in [6, 6.07) is 0. The maximum atomic E-state index is 13.4. The molecule has 0 aromatic carbocycles. The predicted molar refractivity (Wildman–Crippen MR) is 41.9 cm³/mol. The summed E-state index contributed by atoms with van der Waals surface area (Å²) in [4.78, 5) is 0. The lowest BCUT2D eigenvalue weighted by Crippen LogP contribution is -2.87. The van der Waals surface area contributed by atoms with Gasteiger partial charge in [-0.05, 0) is 13.8 Å². The first-order valence-corrected chi connectivity index (χ1v) is 4.49. The molecule has 0 saturated heterocycles. The first-order chi connectivity index (χ1) is 7.50. The van der Waals surface area contributed by atoms with Gasteiger partial charge in [0.25, 0.3) is 0 Å². The van der Waals surface area contributed by atoms with E-state index in [2.05, 4.69) is 5.73 Å². The van der Waals surface area contributed by atoms with Gasteiger partial charge in [-0.15, -0.1) is 0 Å². The first kappa shape index (κ1) is 15.4. The zero-order valence-corrected chi connectivity index (χ0v) is 8.98. The molecule has 2 atom stereocenters. The monoisotopic (exact) mass is 289 g/mol. The number of nitrogens with two attached hydrogens (primary N) is 1. The molecule has 1 fully saturated rings. The van der Waals surface area contributed by atoms with Gasteiger partial charge >= 0.3 is 23.7 Å². The summed E-state index contributed by atoms with van der Waals surface area (Å²) in [6.45, 7) is -0.880. The van der Waals surface area contributed by atoms with Crippen LogP contribution in [0.1, 0.15) is 13.8 Å². The molecule has 0 aromatic rings. The molecular formula is C8H8F9N. The van der Waals surface area contributed by atoms with Crippen molar-refractivity contribution < 1.29 is 39.5 Å². The van der Waals surface area contributed by atoms with Crippen LogP contribution in [0.4, 0.5) is 39.5 Å². The van der Waals surface area contributed by atoms with Crippen LogP contribution in [0.15, 0.2) is 0 Å². The second kappa shape index (κ2) is 3.07. The smallest absolute Gasteiger partial charge is 0.315 e. The van der Waals surface area contributed by atoms with Crippen molar-refractivity contribution in [1.82, 2.24) is 0 Å². The Morgan fingerprint density at radius 2 is 0.889 bits per heavy atom. The standard InChI is InChI=1S/C8H8F9N/c1-3(9)5(10,11)4(2,18)7(14,15)8(16,17)6(3,12)13/h18H2,1-2H3. The van der Waals surface area contributed by atoms with Crippen LogP contribution in [0.3, 0.4) is 0 Å². The highest BCUT2D eigenvalue weighted by atomic mass is 19.4. The van der Waals surface area contributed by atoms with Gasteiger partial charge in [-0.2, -0.15) is 26.3 Å².